The van der Waals surface area contributed by atoms with Crippen LogP contribution in [0.1, 0.15) is 35.2 Å². The molecular weight excluding hydrogens is 674 g/mol. The van der Waals surface area contributed by atoms with Crippen LogP contribution in [-0.2, 0) is 16.1 Å². The number of aliphatic hydroxyl groups is 2. The van der Waals surface area contributed by atoms with Gasteiger partial charge in [-0.3, -0.25) is 14.4 Å². The van der Waals surface area contributed by atoms with E-state index in [0.717, 1.165) is 12.8 Å². The maximum absolute atomic E-state index is 13.6. The molecule has 2 aromatic carbocycles. The molecule has 2 aromatic rings. The lowest BCUT2D eigenvalue weighted by Crippen LogP contribution is -2.55. The van der Waals surface area contributed by atoms with E-state index < -0.39 is 24.2 Å². The van der Waals surface area contributed by atoms with Gasteiger partial charge in [0.25, 0.3) is 0 Å². The van der Waals surface area contributed by atoms with E-state index >= 15 is 0 Å². The summed E-state index contributed by atoms with van der Waals surface area (Å²) in [5, 5.41) is 24.3. The van der Waals surface area contributed by atoms with Crippen LogP contribution in [0.25, 0.3) is 0 Å². The predicted octanol–water partition coefficient (Wildman–Crippen LogP) is 3.77. The van der Waals surface area contributed by atoms with E-state index in [4.69, 9.17) is 32.7 Å². The van der Waals surface area contributed by atoms with Crippen molar-refractivity contribution in [3.63, 3.8) is 0 Å². The average Bonchev–Trinajstić information content (AvgIpc) is 3.78. The lowest BCUT2D eigenvalue weighted by atomic mass is 9.87. The summed E-state index contributed by atoms with van der Waals surface area (Å²) in [7, 11) is 1.43. The molecule has 1 fully saturated rings. The van der Waals surface area contributed by atoms with Crippen LogP contribution in [-0.4, -0.2) is 71.7 Å². The molecular formula is C28H29Cl2IN2O7. The second-order valence-electron chi connectivity index (χ2n) is 9.64. The van der Waals surface area contributed by atoms with Gasteiger partial charge in [-0.05, 0) is 71.3 Å². The van der Waals surface area contributed by atoms with Gasteiger partial charge in [-0.25, -0.2) is 0 Å². The Balaban J connectivity index is 1.73. The largest absolute Gasteiger partial charge is 0.493 e. The Hall–Kier alpha value is -2.38. The molecule has 0 aliphatic heterocycles. The molecule has 2 aliphatic carbocycles. The Morgan fingerprint density at radius 1 is 1.23 bits per heavy atom. The van der Waals surface area contributed by atoms with Crippen LogP contribution in [0.5, 0.6) is 11.5 Å². The smallest absolute Gasteiger partial charge is 0.247 e. The van der Waals surface area contributed by atoms with Crippen molar-refractivity contribution in [1.82, 2.24) is 10.2 Å². The third-order valence-corrected chi connectivity index (χ3v) is 8.21. The minimum atomic E-state index is -1.23. The molecule has 1 saturated carbocycles. The molecule has 0 bridgehead atoms. The third kappa shape index (κ3) is 7.09. The van der Waals surface area contributed by atoms with E-state index in [2.05, 4.69) is 5.32 Å². The molecule has 0 spiro atoms. The monoisotopic (exact) mass is 702 g/mol. The first kappa shape index (κ1) is 30.6. The van der Waals surface area contributed by atoms with E-state index in [-0.39, 0.29) is 49.4 Å². The Kier molecular flexibility index (Phi) is 10.3. The molecule has 3 atom stereocenters. The van der Waals surface area contributed by atoms with Crippen LogP contribution >= 0.6 is 45.8 Å². The number of nitrogens with one attached hydrogen (secondary N) is 1. The van der Waals surface area contributed by atoms with Crippen LogP contribution in [0.15, 0.2) is 42.0 Å². The first-order chi connectivity index (χ1) is 19.2. The van der Waals surface area contributed by atoms with Crippen molar-refractivity contribution in [2.24, 2.45) is 5.92 Å². The van der Waals surface area contributed by atoms with E-state index in [1.54, 1.807) is 29.2 Å². The lowest BCUT2D eigenvalue weighted by molar-refractivity contribution is -0.140. The molecule has 2 aliphatic rings. The van der Waals surface area contributed by atoms with Crippen LogP contribution < -0.4 is 14.8 Å². The zero-order valence-corrected chi connectivity index (χ0v) is 25.3. The molecule has 3 unspecified atom stereocenters. The summed E-state index contributed by atoms with van der Waals surface area (Å²) in [6.45, 7) is -0.107. The van der Waals surface area contributed by atoms with Crippen molar-refractivity contribution in [2.45, 2.75) is 44.1 Å². The van der Waals surface area contributed by atoms with Gasteiger partial charge in [-0.15, -0.1) is 0 Å². The number of hydrogen-bond acceptors (Lipinski definition) is 7. The Labute approximate surface area is 255 Å². The summed E-state index contributed by atoms with van der Waals surface area (Å²) < 4.78 is 12.2. The number of aliphatic hydroxyl groups excluding tert-OH is 2. The number of nitrogens with zero attached hydrogens (tertiary/aromatic N) is 1. The SMILES string of the molecule is COc1cc(C=O)cc(I)c1OC1C=C(C(=O)NCCO)CC(N(Cc2ccc(Cl)cc2Cl)C(=O)C2CC2)C1O. The minimum Gasteiger partial charge on any atom is -0.493 e. The highest BCUT2D eigenvalue weighted by Gasteiger charge is 2.44. The number of ether oxygens (including phenoxy) is 2. The molecule has 0 heterocycles. The number of rotatable bonds is 11. The summed E-state index contributed by atoms with van der Waals surface area (Å²) in [4.78, 5) is 39.5. The molecule has 0 radical (unpaired) electrons. The molecule has 2 amide bonds. The Morgan fingerprint density at radius 2 is 1.98 bits per heavy atom. The summed E-state index contributed by atoms with van der Waals surface area (Å²) in [5.74, 6) is -0.200. The number of hydrogen-bond donors (Lipinski definition) is 3. The molecule has 40 heavy (non-hydrogen) atoms. The maximum Gasteiger partial charge on any atom is 0.247 e. The second-order valence-corrected chi connectivity index (χ2v) is 11.6. The van der Waals surface area contributed by atoms with E-state index in [1.165, 1.54) is 19.3 Å². The fraction of sp³-hybridized carbons (Fsp3) is 0.393. The van der Waals surface area contributed by atoms with Gasteiger partial charge in [0, 0.05) is 46.6 Å². The minimum absolute atomic E-state index is 0.0406. The number of methoxy groups -OCH3 is 1. The van der Waals surface area contributed by atoms with Crippen LogP contribution in [0.2, 0.25) is 10.0 Å². The number of carbonyl (C=O) groups is 3. The van der Waals surface area contributed by atoms with Gasteiger partial charge >= 0.3 is 0 Å². The van der Waals surface area contributed by atoms with Crippen molar-refractivity contribution < 1.29 is 34.1 Å². The molecule has 0 aromatic heterocycles. The molecule has 0 saturated heterocycles. The highest BCUT2D eigenvalue weighted by Crippen LogP contribution is 2.39. The number of amides is 2. The van der Waals surface area contributed by atoms with Crippen molar-refractivity contribution in [3.8, 4) is 11.5 Å². The van der Waals surface area contributed by atoms with Crippen molar-refractivity contribution in [2.75, 3.05) is 20.3 Å². The molecule has 12 heteroatoms. The van der Waals surface area contributed by atoms with Gasteiger partial charge in [0.2, 0.25) is 11.8 Å². The number of halogens is 3. The van der Waals surface area contributed by atoms with Gasteiger partial charge in [0.1, 0.15) is 18.5 Å². The van der Waals surface area contributed by atoms with Crippen molar-refractivity contribution >= 4 is 63.9 Å². The van der Waals surface area contributed by atoms with E-state index in [1.807, 2.05) is 22.6 Å². The summed E-state index contributed by atoms with van der Waals surface area (Å²) >= 11 is 14.5. The Bertz CT molecular complexity index is 1320. The normalized spacial score (nSPS) is 20.4. The van der Waals surface area contributed by atoms with Crippen molar-refractivity contribution in [3.05, 3.63) is 66.7 Å². The highest BCUT2D eigenvalue weighted by atomic mass is 127. The second kappa shape index (κ2) is 13.5. The Morgan fingerprint density at radius 3 is 2.60 bits per heavy atom. The van der Waals surface area contributed by atoms with Gasteiger partial charge < -0.3 is 29.9 Å². The van der Waals surface area contributed by atoms with Crippen LogP contribution in [0.3, 0.4) is 0 Å². The van der Waals surface area contributed by atoms with Crippen LogP contribution in [0, 0.1) is 9.49 Å². The zero-order valence-electron chi connectivity index (χ0n) is 21.6. The van der Waals surface area contributed by atoms with Gasteiger partial charge in [-0.2, -0.15) is 0 Å². The van der Waals surface area contributed by atoms with Gasteiger partial charge in [0.15, 0.2) is 11.5 Å². The first-order valence-electron chi connectivity index (χ1n) is 12.7. The predicted molar refractivity (Wildman–Crippen MR) is 158 cm³/mol. The molecule has 3 N–H and O–H groups in total. The lowest BCUT2D eigenvalue weighted by Gasteiger charge is -2.41. The average molecular weight is 703 g/mol. The van der Waals surface area contributed by atoms with Gasteiger partial charge in [0.05, 0.1) is 23.3 Å². The molecule has 4 rings (SSSR count). The maximum atomic E-state index is 13.6. The van der Waals surface area contributed by atoms with Crippen molar-refractivity contribution in [1.29, 1.82) is 0 Å². The fourth-order valence-electron chi connectivity index (χ4n) is 4.59. The molecule has 9 nitrogen and oxygen atoms in total. The third-order valence-electron chi connectivity index (χ3n) is 6.82. The number of benzene rings is 2. The van der Waals surface area contributed by atoms with E-state index in [0.29, 0.717) is 36.6 Å². The molecule has 214 valence electrons. The van der Waals surface area contributed by atoms with Crippen LogP contribution in [0.4, 0.5) is 0 Å². The summed E-state index contributed by atoms with van der Waals surface area (Å²) in [6.07, 6.45) is 1.47. The van der Waals surface area contributed by atoms with E-state index in [9.17, 15) is 24.6 Å². The quantitative estimate of drug-likeness (QED) is 0.241. The van der Waals surface area contributed by atoms with Gasteiger partial charge in [-0.1, -0.05) is 29.3 Å². The zero-order chi connectivity index (χ0) is 29.0. The number of aldehydes is 1. The topological polar surface area (TPSA) is 125 Å². The number of carbonyl (C=O) groups excluding carboxylic acids is 3. The fourth-order valence-corrected chi connectivity index (χ4v) is 5.82. The first-order valence-corrected chi connectivity index (χ1v) is 14.5. The summed E-state index contributed by atoms with van der Waals surface area (Å²) in [5.41, 5.74) is 1.32. The highest BCUT2D eigenvalue weighted by molar-refractivity contribution is 14.1. The standard InChI is InChI=1S/C28H29Cl2IN2O7/c1-39-24-9-15(14-35)8-21(31)26(24)40-23-11-18(27(37)32-6-7-34)10-22(25(23)36)33(28(38)16-2-3-16)13-17-4-5-19(29)12-20(17)30/h4-5,8-9,11-12,14,16,22-23,25,34,36H,2-3,6-7,10,13H2,1H3,(H,32,37). The summed E-state index contributed by atoms with van der Waals surface area (Å²) in [6, 6.07) is 7.29.